The van der Waals surface area contributed by atoms with Crippen LogP contribution in [0.2, 0.25) is 0 Å². The Kier molecular flexibility index (Phi) is 3.07. The van der Waals surface area contributed by atoms with Crippen LogP contribution < -0.4 is 15.2 Å². The molecule has 0 radical (unpaired) electrons. The van der Waals surface area contributed by atoms with Crippen LogP contribution in [-0.2, 0) is 5.54 Å². The summed E-state index contributed by atoms with van der Waals surface area (Å²) >= 11 is 0. The predicted octanol–water partition coefficient (Wildman–Crippen LogP) is 1.18. The maximum absolute atomic E-state index is 5.84. The molecule has 5 heteroatoms. The average Bonchev–Trinajstić information content (AvgIpc) is 2.67. The van der Waals surface area contributed by atoms with Gasteiger partial charge in [-0.1, -0.05) is 6.07 Å². The van der Waals surface area contributed by atoms with Crippen molar-refractivity contribution in [2.45, 2.75) is 12.5 Å². The van der Waals surface area contributed by atoms with Crippen molar-refractivity contribution in [2.24, 2.45) is 10.7 Å². The lowest BCUT2D eigenvalue weighted by Gasteiger charge is -2.33. The first kappa shape index (κ1) is 12.5. The molecule has 98 valence electrons. The summed E-state index contributed by atoms with van der Waals surface area (Å²) in [4.78, 5) is 6.27. The van der Waals surface area contributed by atoms with Crippen LogP contribution in [0.15, 0.2) is 23.2 Å². The third kappa shape index (κ3) is 1.75. The normalized spacial score (nSPS) is 22.9. The minimum absolute atomic E-state index is 0.233. The van der Waals surface area contributed by atoms with E-state index in [4.69, 9.17) is 15.2 Å². The molecule has 1 unspecified atom stereocenters. The number of hydrogen-bond donors (Lipinski definition) is 1. The van der Waals surface area contributed by atoms with E-state index in [0.29, 0.717) is 12.5 Å². The highest BCUT2D eigenvalue weighted by Crippen LogP contribution is 2.36. The van der Waals surface area contributed by atoms with E-state index >= 15 is 0 Å². The van der Waals surface area contributed by atoms with Crippen LogP contribution in [0.5, 0.6) is 11.5 Å². The molecular formula is C13H19N3O2. The molecule has 1 aliphatic heterocycles. The molecule has 1 aromatic rings. The second-order valence-electron chi connectivity index (χ2n) is 4.58. The summed E-state index contributed by atoms with van der Waals surface area (Å²) < 4.78 is 10.6. The Morgan fingerprint density at radius 1 is 1.28 bits per heavy atom. The lowest BCUT2D eigenvalue weighted by atomic mass is 9.91. The van der Waals surface area contributed by atoms with Gasteiger partial charge >= 0.3 is 0 Å². The third-order valence-electron chi connectivity index (χ3n) is 3.64. The highest BCUT2D eigenvalue weighted by Gasteiger charge is 2.37. The minimum atomic E-state index is -0.233. The van der Waals surface area contributed by atoms with Crippen molar-refractivity contribution in [3.05, 3.63) is 23.8 Å². The van der Waals surface area contributed by atoms with Gasteiger partial charge in [-0.3, -0.25) is 4.99 Å². The number of nitrogens with zero attached hydrogens (tertiary/aromatic N) is 2. The van der Waals surface area contributed by atoms with Gasteiger partial charge in [-0.2, -0.15) is 0 Å². The Morgan fingerprint density at radius 2 is 1.94 bits per heavy atom. The van der Waals surface area contributed by atoms with Crippen LogP contribution in [0, 0.1) is 0 Å². The van der Waals surface area contributed by atoms with E-state index in [1.165, 1.54) is 0 Å². The van der Waals surface area contributed by atoms with Crippen LogP contribution in [-0.4, -0.2) is 38.7 Å². The second-order valence-corrected chi connectivity index (χ2v) is 4.58. The number of guanidine groups is 1. The van der Waals surface area contributed by atoms with Gasteiger partial charge in [0.1, 0.15) is 0 Å². The average molecular weight is 249 g/mol. The summed E-state index contributed by atoms with van der Waals surface area (Å²) in [5.74, 6) is 2.00. The van der Waals surface area contributed by atoms with E-state index < -0.39 is 0 Å². The number of likely N-dealkylation sites (N-methyl/N-ethyl adjacent to an activating group) is 1. The molecular weight excluding hydrogens is 230 g/mol. The third-order valence-corrected chi connectivity index (χ3v) is 3.64. The molecule has 0 amide bonds. The molecule has 1 aliphatic rings. The molecule has 1 aromatic carbocycles. The molecule has 18 heavy (non-hydrogen) atoms. The molecule has 2 rings (SSSR count). The standard InChI is InChI=1S/C13H19N3O2/c1-13(8-15-12(14)16(13)2)9-5-6-10(17-3)11(7-9)18-4/h5-7H,8H2,1-4H3,(H2,14,15). The first-order valence-electron chi connectivity index (χ1n) is 5.79. The van der Waals surface area contributed by atoms with Gasteiger partial charge in [0.15, 0.2) is 17.5 Å². The molecule has 2 N–H and O–H groups in total. The quantitative estimate of drug-likeness (QED) is 0.874. The summed E-state index contributed by atoms with van der Waals surface area (Å²) in [7, 11) is 5.21. The predicted molar refractivity (Wildman–Crippen MR) is 71.2 cm³/mol. The molecule has 0 fully saturated rings. The number of nitrogens with two attached hydrogens (primary N) is 1. The number of ether oxygens (including phenoxy) is 2. The van der Waals surface area contributed by atoms with Gasteiger partial charge < -0.3 is 20.1 Å². The lowest BCUT2D eigenvalue weighted by molar-refractivity contribution is 0.265. The molecule has 0 spiro atoms. The van der Waals surface area contributed by atoms with Crippen molar-refractivity contribution in [3.8, 4) is 11.5 Å². The van der Waals surface area contributed by atoms with Gasteiger partial charge in [0.25, 0.3) is 0 Å². The van der Waals surface area contributed by atoms with Crippen molar-refractivity contribution in [3.63, 3.8) is 0 Å². The van der Waals surface area contributed by atoms with Gasteiger partial charge in [-0.15, -0.1) is 0 Å². The maximum Gasteiger partial charge on any atom is 0.191 e. The van der Waals surface area contributed by atoms with E-state index in [1.807, 2.05) is 30.1 Å². The lowest BCUT2D eigenvalue weighted by Crippen LogP contribution is -2.44. The van der Waals surface area contributed by atoms with Crippen LogP contribution >= 0.6 is 0 Å². The largest absolute Gasteiger partial charge is 0.493 e. The molecule has 0 aromatic heterocycles. The zero-order valence-electron chi connectivity index (χ0n) is 11.2. The van der Waals surface area contributed by atoms with E-state index in [0.717, 1.165) is 17.1 Å². The molecule has 0 saturated heterocycles. The Balaban J connectivity index is 2.41. The van der Waals surface area contributed by atoms with Gasteiger partial charge in [-0.25, -0.2) is 0 Å². The molecule has 5 nitrogen and oxygen atoms in total. The Bertz CT molecular complexity index is 487. The van der Waals surface area contributed by atoms with Gasteiger partial charge in [0.05, 0.1) is 26.3 Å². The van der Waals surface area contributed by atoms with Crippen LogP contribution in [0.3, 0.4) is 0 Å². The number of benzene rings is 1. The SMILES string of the molecule is COc1ccc(C2(C)CN=C(N)N2C)cc1OC. The number of aliphatic imine (C=N–C) groups is 1. The Labute approximate surface area is 107 Å². The first-order valence-corrected chi connectivity index (χ1v) is 5.79. The molecule has 0 aliphatic carbocycles. The fourth-order valence-corrected chi connectivity index (χ4v) is 2.16. The molecule has 0 bridgehead atoms. The monoisotopic (exact) mass is 249 g/mol. The fourth-order valence-electron chi connectivity index (χ4n) is 2.16. The van der Waals surface area contributed by atoms with Crippen molar-refractivity contribution in [2.75, 3.05) is 27.8 Å². The van der Waals surface area contributed by atoms with Crippen molar-refractivity contribution >= 4 is 5.96 Å². The van der Waals surface area contributed by atoms with Crippen molar-refractivity contribution in [1.29, 1.82) is 0 Å². The highest BCUT2D eigenvalue weighted by atomic mass is 16.5. The van der Waals surface area contributed by atoms with Crippen LogP contribution in [0.1, 0.15) is 12.5 Å². The summed E-state index contributed by atoms with van der Waals surface area (Å²) in [6, 6.07) is 5.90. The summed E-state index contributed by atoms with van der Waals surface area (Å²) in [5, 5.41) is 0. The summed E-state index contributed by atoms with van der Waals surface area (Å²) in [6.45, 7) is 2.75. The zero-order valence-corrected chi connectivity index (χ0v) is 11.2. The zero-order chi connectivity index (χ0) is 13.3. The Hall–Kier alpha value is -1.91. The smallest absolute Gasteiger partial charge is 0.191 e. The summed E-state index contributed by atoms with van der Waals surface area (Å²) in [6.07, 6.45) is 0. The second kappa shape index (κ2) is 4.40. The molecule has 1 atom stereocenters. The minimum Gasteiger partial charge on any atom is -0.493 e. The van der Waals surface area contributed by atoms with Gasteiger partial charge in [0.2, 0.25) is 0 Å². The highest BCUT2D eigenvalue weighted by molar-refractivity contribution is 5.81. The maximum atomic E-state index is 5.84. The van der Waals surface area contributed by atoms with Crippen LogP contribution in [0.4, 0.5) is 0 Å². The molecule has 1 heterocycles. The van der Waals surface area contributed by atoms with Gasteiger partial charge in [0, 0.05) is 7.05 Å². The summed E-state index contributed by atoms with van der Waals surface area (Å²) in [5.41, 5.74) is 6.71. The topological polar surface area (TPSA) is 60.1 Å². The fraction of sp³-hybridized carbons (Fsp3) is 0.462. The van der Waals surface area contributed by atoms with Crippen molar-refractivity contribution < 1.29 is 9.47 Å². The van der Waals surface area contributed by atoms with E-state index in [1.54, 1.807) is 14.2 Å². The first-order chi connectivity index (χ1) is 8.52. The number of hydrogen-bond acceptors (Lipinski definition) is 5. The Morgan fingerprint density at radius 3 is 2.44 bits per heavy atom. The van der Waals surface area contributed by atoms with E-state index in [-0.39, 0.29) is 5.54 Å². The van der Waals surface area contributed by atoms with E-state index in [2.05, 4.69) is 11.9 Å². The van der Waals surface area contributed by atoms with E-state index in [9.17, 15) is 0 Å². The van der Waals surface area contributed by atoms with Crippen LogP contribution in [0.25, 0.3) is 0 Å². The number of methoxy groups -OCH3 is 2. The number of rotatable bonds is 3. The molecule has 0 saturated carbocycles. The van der Waals surface area contributed by atoms with Gasteiger partial charge in [-0.05, 0) is 24.6 Å². The van der Waals surface area contributed by atoms with Crippen molar-refractivity contribution in [1.82, 2.24) is 4.90 Å².